The summed E-state index contributed by atoms with van der Waals surface area (Å²) in [6, 6.07) is 3.41. The number of methoxy groups -OCH3 is 1. The molecule has 0 atom stereocenters. The predicted octanol–water partition coefficient (Wildman–Crippen LogP) is 2.17. The van der Waals surface area contributed by atoms with Crippen LogP contribution in [0.5, 0.6) is 0 Å². The molecule has 1 aromatic carbocycles. The standard InChI is InChI=1S/C18H24N2O4S2/c1-12-13(2)15(17(22)20-7-11-26-18(20)25)5-4-14(12)16(21)19-6-8-24-10-9-23-3/h4-5H,6-11H2,1-3H3,(H,19,21). The highest BCUT2D eigenvalue weighted by Crippen LogP contribution is 2.24. The summed E-state index contributed by atoms with van der Waals surface area (Å²) in [6.07, 6.45) is 0. The summed E-state index contributed by atoms with van der Waals surface area (Å²) < 4.78 is 10.8. The lowest BCUT2D eigenvalue weighted by Gasteiger charge is -2.18. The molecule has 1 N–H and O–H groups in total. The van der Waals surface area contributed by atoms with Crippen LogP contribution in [0.4, 0.5) is 0 Å². The fourth-order valence-corrected chi connectivity index (χ4v) is 3.80. The summed E-state index contributed by atoms with van der Waals surface area (Å²) >= 11 is 6.75. The monoisotopic (exact) mass is 396 g/mol. The molecule has 6 nitrogen and oxygen atoms in total. The van der Waals surface area contributed by atoms with Crippen molar-refractivity contribution in [1.82, 2.24) is 10.2 Å². The molecule has 26 heavy (non-hydrogen) atoms. The number of ether oxygens (including phenoxy) is 2. The lowest BCUT2D eigenvalue weighted by molar-refractivity contribution is 0.0692. The van der Waals surface area contributed by atoms with Crippen molar-refractivity contribution in [1.29, 1.82) is 0 Å². The molecule has 0 spiro atoms. The first-order valence-electron chi connectivity index (χ1n) is 8.41. The van der Waals surface area contributed by atoms with Crippen LogP contribution in [0, 0.1) is 13.8 Å². The summed E-state index contributed by atoms with van der Waals surface area (Å²) in [4.78, 5) is 26.7. The summed E-state index contributed by atoms with van der Waals surface area (Å²) in [6.45, 7) is 6.21. The number of hydrogen-bond donors (Lipinski definition) is 1. The van der Waals surface area contributed by atoms with Crippen LogP contribution in [-0.4, -0.2) is 66.8 Å². The molecule has 2 amide bonds. The molecule has 2 rings (SSSR count). The van der Waals surface area contributed by atoms with Crippen molar-refractivity contribution in [2.45, 2.75) is 13.8 Å². The van der Waals surface area contributed by atoms with Gasteiger partial charge in [0, 0.05) is 37.1 Å². The van der Waals surface area contributed by atoms with E-state index in [4.69, 9.17) is 21.7 Å². The Hall–Kier alpha value is -1.48. The zero-order valence-electron chi connectivity index (χ0n) is 15.3. The van der Waals surface area contributed by atoms with E-state index in [0.29, 0.717) is 48.4 Å². The Morgan fingerprint density at radius 1 is 1.19 bits per heavy atom. The maximum absolute atomic E-state index is 12.7. The van der Waals surface area contributed by atoms with Crippen molar-refractivity contribution < 1.29 is 19.1 Å². The van der Waals surface area contributed by atoms with Gasteiger partial charge in [0.15, 0.2) is 0 Å². The van der Waals surface area contributed by atoms with Gasteiger partial charge in [-0.05, 0) is 37.1 Å². The van der Waals surface area contributed by atoms with Crippen molar-refractivity contribution in [2.24, 2.45) is 0 Å². The molecule has 0 aromatic heterocycles. The second-order valence-electron chi connectivity index (χ2n) is 5.84. The van der Waals surface area contributed by atoms with E-state index in [1.807, 2.05) is 13.8 Å². The summed E-state index contributed by atoms with van der Waals surface area (Å²) in [5.41, 5.74) is 2.76. The fraction of sp³-hybridized carbons (Fsp3) is 0.500. The molecule has 1 saturated heterocycles. The van der Waals surface area contributed by atoms with Gasteiger partial charge in [-0.25, -0.2) is 0 Å². The molecule has 0 bridgehead atoms. The smallest absolute Gasteiger partial charge is 0.259 e. The van der Waals surface area contributed by atoms with Crippen molar-refractivity contribution >= 4 is 40.1 Å². The first kappa shape index (κ1) is 20.8. The molecule has 142 valence electrons. The third-order valence-corrected chi connectivity index (χ3v) is 5.66. The predicted molar refractivity (Wildman–Crippen MR) is 107 cm³/mol. The summed E-state index contributed by atoms with van der Waals surface area (Å²) in [5, 5.41) is 2.83. The van der Waals surface area contributed by atoms with Gasteiger partial charge in [0.2, 0.25) is 0 Å². The summed E-state index contributed by atoms with van der Waals surface area (Å²) in [7, 11) is 1.61. The minimum atomic E-state index is -0.174. The first-order valence-corrected chi connectivity index (χ1v) is 9.80. The Labute approximate surface area is 163 Å². The Morgan fingerprint density at radius 3 is 2.54 bits per heavy atom. The number of thioether (sulfide) groups is 1. The Kier molecular flexibility index (Phi) is 8.02. The second kappa shape index (κ2) is 10.0. The highest BCUT2D eigenvalue weighted by molar-refractivity contribution is 8.23. The number of hydrogen-bond acceptors (Lipinski definition) is 6. The van der Waals surface area contributed by atoms with Crippen molar-refractivity contribution in [2.75, 3.05) is 45.8 Å². The van der Waals surface area contributed by atoms with E-state index in [2.05, 4.69) is 5.32 Å². The van der Waals surface area contributed by atoms with Gasteiger partial charge < -0.3 is 14.8 Å². The van der Waals surface area contributed by atoms with Gasteiger partial charge in [-0.1, -0.05) is 24.0 Å². The van der Waals surface area contributed by atoms with Crippen LogP contribution in [0.15, 0.2) is 12.1 Å². The molecular formula is C18H24N2O4S2. The summed E-state index contributed by atoms with van der Waals surface area (Å²) in [5.74, 6) is 0.557. The highest BCUT2D eigenvalue weighted by atomic mass is 32.2. The van der Waals surface area contributed by atoms with Gasteiger partial charge in [-0.15, -0.1) is 0 Å². The number of carbonyl (C=O) groups excluding carboxylic acids is 2. The lowest BCUT2D eigenvalue weighted by Crippen LogP contribution is -2.32. The second-order valence-corrected chi connectivity index (χ2v) is 7.57. The third-order valence-electron chi connectivity index (χ3n) is 4.23. The van der Waals surface area contributed by atoms with Crippen LogP contribution in [0.25, 0.3) is 0 Å². The molecule has 1 heterocycles. The number of benzene rings is 1. The quantitative estimate of drug-likeness (QED) is 0.537. The topological polar surface area (TPSA) is 67.9 Å². The molecule has 0 unspecified atom stereocenters. The number of nitrogens with one attached hydrogen (secondary N) is 1. The number of carbonyl (C=O) groups is 2. The van der Waals surface area contributed by atoms with Crippen LogP contribution in [0.2, 0.25) is 0 Å². The molecule has 1 aliphatic rings. The largest absolute Gasteiger partial charge is 0.382 e. The van der Waals surface area contributed by atoms with Crippen LogP contribution < -0.4 is 5.32 Å². The average Bonchev–Trinajstić information content (AvgIpc) is 3.05. The van der Waals surface area contributed by atoms with Gasteiger partial charge in [0.1, 0.15) is 4.32 Å². The number of rotatable bonds is 8. The SMILES string of the molecule is COCCOCCNC(=O)c1ccc(C(=O)N2CCSC2=S)c(C)c1C. The first-order chi connectivity index (χ1) is 12.5. The van der Waals surface area contributed by atoms with Crippen LogP contribution in [0.3, 0.4) is 0 Å². The minimum Gasteiger partial charge on any atom is -0.382 e. The maximum Gasteiger partial charge on any atom is 0.259 e. The lowest BCUT2D eigenvalue weighted by atomic mass is 9.96. The third kappa shape index (κ3) is 5.03. The van der Waals surface area contributed by atoms with E-state index in [1.54, 1.807) is 24.1 Å². The van der Waals surface area contributed by atoms with Crippen molar-refractivity contribution in [3.8, 4) is 0 Å². The van der Waals surface area contributed by atoms with Gasteiger partial charge in [-0.2, -0.15) is 0 Å². The molecule has 1 fully saturated rings. The van der Waals surface area contributed by atoms with Crippen LogP contribution in [-0.2, 0) is 9.47 Å². The van der Waals surface area contributed by atoms with E-state index < -0.39 is 0 Å². The number of nitrogens with zero attached hydrogens (tertiary/aromatic N) is 1. The Bertz CT molecular complexity index is 694. The minimum absolute atomic E-state index is 0.0981. The number of amides is 2. The Morgan fingerprint density at radius 2 is 1.88 bits per heavy atom. The Balaban J connectivity index is 2.01. The zero-order valence-corrected chi connectivity index (χ0v) is 16.9. The molecular weight excluding hydrogens is 372 g/mol. The maximum atomic E-state index is 12.7. The van der Waals surface area contributed by atoms with Gasteiger partial charge in [0.05, 0.1) is 19.8 Å². The van der Waals surface area contributed by atoms with Crippen LogP contribution in [0.1, 0.15) is 31.8 Å². The highest BCUT2D eigenvalue weighted by Gasteiger charge is 2.27. The van der Waals surface area contributed by atoms with Gasteiger partial charge in [0.25, 0.3) is 11.8 Å². The molecule has 1 aliphatic heterocycles. The molecule has 0 aliphatic carbocycles. The van der Waals surface area contributed by atoms with Crippen LogP contribution >= 0.6 is 24.0 Å². The van der Waals surface area contributed by atoms with E-state index in [0.717, 1.165) is 16.9 Å². The molecule has 0 radical (unpaired) electrons. The zero-order chi connectivity index (χ0) is 19.1. The van der Waals surface area contributed by atoms with E-state index >= 15 is 0 Å². The van der Waals surface area contributed by atoms with E-state index in [9.17, 15) is 9.59 Å². The molecule has 1 aromatic rings. The normalized spacial score (nSPS) is 14.0. The molecule has 0 saturated carbocycles. The number of thiocarbonyl (C=S) groups is 1. The van der Waals surface area contributed by atoms with Gasteiger partial charge >= 0.3 is 0 Å². The van der Waals surface area contributed by atoms with Crippen molar-refractivity contribution in [3.05, 3.63) is 34.4 Å². The van der Waals surface area contributed by atoms with E-state index in [1.165, 1.54) is 11.8 Å². The average molecular weight is 397 g/mol. The fourth-order valence-electron chi connectivity index (χ4n) is 2.60. The van der Waals surface area contributed by atoms with Gasteiger partial charge in [-0.3, -0.25) is 14.5 Å². The molecule has 8 heteroatoms. The van der Waals surface area contributed by atoms with Crippen molar-refractivity contribution in [3.63, 3.8) is 0 Å². The van der Waals surface area contributed by atoms with E-state index in [-0.39, 0.29) is 11.8 Å².